The first-order valence-electron chi connectivity index (χ1n) is 21.8. The molecule has 0 saturated heterocycles. The molecule has 0 unspecified atom stereocenters. The van der Waals surface area contributed by atoms with Crippen molar-refractivity contribution in [2.75, 3.05) is 4.90 Å². The largest absolute Gasteiger partial charge is 0.456 e. The Hall–Kier alpha value is -8.47. The van der Waals surface area contributed by atoms with Gasteiger partial charge in [0.05, 0.1) is 34.0 Å². The van der Waals surface area contributed by atoms with Gasteiger partial charge in [-0.2, -0.15) is 0 Å². The minimum atomic E-state index is 0.881. The molecule has 10 aromatic carbocycles. The number of para-hydroxylation sites is 2. The Bertz CT molecular complexity index is 3810. The van der Waals surface area contributed by atoms with Crippen molar-refractivity contribution in [3.63, 3.8) is 0 Å². The van der Waals surface area contributed by atoms with Gasteiger partial charge in [-0.25, -0.2) is 0 Å². The Morgan fingerprint density at radius 2 is 0.984 bits per heavy atom. The van der Waals surface area contributed by atoms with Gasteiger partial charge in [0.1, 0.15) is 11.2 Å². The third-order valence-electron chi connectivity index (χ3n) is 12.6. The number of fused-ring (bicyclic) bond motifs is 12. The first kappa shape index (κ1) is 37.3. The fourth-order valence-electron chi connectivity index (χ4n) is 9.68. The number of aryl methyl sites for hydroxylation is 1. The molecule has 64 heavy (non-hydrogen) atoms. The van der Waals surface area contributed by atoms with E-state index in [1.54, 1.807) is 0 Å². The summed E-state index contributed by atoms with van der Waals surface area (Å²) in [5, 5.41) is 12.4. The summed E-state index contributed by atoms with van der Waals surface area (Å²) in [7, 11) is 0. The van der Waals surface area contributed by atoms with Crippen LogP contribution in [0.3, 0.4) is 0 Å². The van der Waals surface area contributed by atoms with Crippen LogP contribution in [0.5, 0.6) is 0 Å². The van der Waals surface area contributed by atoms with Gasteiger partial charge in [0.25, 0.3) is 0 Å². The lowest BCUT2D eigenvalue weighted by molar-refractivity contribution is 0.669. The Morgan fingerprint density at radius 3 is 1.72 bits per heavy atom. The first-order valence-corrected chi connectivity index (χ1v) is 21.8. The van der Waals surface area contributed by atoms with Crippen LogP contribution in [0.15, 0.2) is 235 Å². The smallest absolute Gasteiger partial charge is 0.137 e. The van der Waals surface area contributed by atoms with Gasteiger partial charge in [-0.05, 0) is 123 Å². The van der Waals surface area contributed by atoms with Gasteiger partial charge < -0.3 is 13.9 Å². The van der Waals surface area contributed by atoms with Gasteiger partial charge in [0.2, 0.25) is 0 Å². The van der Waals surface area contributed by atoms with Crippen LogP contribution in [0.25, 0.3) is 92.9 Å². The van der Waals surface area contributed by atoms with Crippen molar-refractivity contribution in [3.05, 3.63) is 236 Å². The molecule has 0 spiro atoms. The van der Waals surface area contributed by atoms with Crippen LogP contribution in [0.1, 0.15) is 5.56 Å². The van der Waals surface area contributed by atoms with E-state index in [4.69, 9.17) is 4.42 Å². The van der Waals surface area contributed by atoms with Gasteiger partial charge >= 0.3 is 0 Å². The minimum Gasteiger partial charge on any atom is -0.456 e. The fraction of sp³-hybridized carbons (Fsp3) is 0.0167. The molecule has 0 bridgehead atoms. The van der Waals surface area contributed by atoms with E-state index in [1.807, 2.05) is 30.6 Å². The molecular formula is C60H41N3O. The number of nitrogens with zero attached hydrogens (tertiary/aromatic N) is 3. The van der Waals surface area contributed by atoms with E-state index in [-0.39, 0.29) is 0 Å². The minimum absolute atomic E-state index is 0.881. The van der Waals surface area contributed by atoms with Crippen molar-refractivity contribution in [1.82, 2.24) is 9.55 Å². The summed E-state index contributed by atoms with van der Waals surface area (Å²) in [5.74, 6) is 0. The Morgan fingerprint density at radius 1 is 0.406 bits per heavy atom. The highest BCUT2D eigenvalue weighted by Gasteiger charge is 2.21. The summed E-state index contributed by atoms with van der Waals surface area (Å²) in [5.41, 5.74) is 12.3. The second kappa shape index (κ2) is 15.5. The van der Waals surface area contributed by atoms with E-state index >= 15 is 0 Å². The molecule has 0 atom stereocenters. The fourth-order valence-corrected chi connectivity index (χ4v) is 9.68. The van der Waals surface area contributed by atoms with Gasteiger partial charge in [0, 0.05) is 33.7 Å². The van der Waals surface area contributed by atoms with E-state index in [9.17, 15) is 0 Å². The Labute approximate surface area is 370 Å². The second-order valence-corrected chi connectivity index (χ2v) is 16.4. The zero-order valence-corrected chi connectivity index (χ0v) is 35.2. The molecule has 0 radical (unpaired) electrons. The molecule has 13 aromatic rings. The summed E-state index contributed by atoms with van der Waals surface area (Å²) < 4.78 is 8.62. The predicted octanol–water partition coefficient (Wildman–Crippen LogP) is 16.7. The van der Waals surface area contributed by atoms with Crippen molar-refractivity contribution in [2.24, 2.45) is 0 Å². The highest BCUT2D eigenvalue weighted by molar-refractivity contribution is 6.26. The zero-order valence-electron chi connectivity index (χ0n) is 35.2. The zero-order chi connectivity index (χ0) is 42.6. The van der Waals surface area contributed by atoms with Crippen LogP contribution in [0.2, 0.25) is 0 Å². The molecule has 3 aromatic heterocycles. The van der Waals surface area contributed by atoms with Crippen molar-refractivity contribution < 1.29 is 4.42 Å². The Kier molecular flexibility index (Phi) is 9.01. The lowest BCUT2D eigenvalue weighted by Gasteiger charge is -2.27. The van der Waals surface area contributed by atoms with Crippen LogP contribution < -0.4 is 4.90 Å². The number of rotatable bonds is 5. The summed E-state index contributed by atoms with van der Waals surface area (Å²) in [6.07, 6.45) is 3.72. The molecule has 4 nitrogen and oxygen atoms in total. The van der Waals surface area contributed by atoms with E-state index in [0.29, 0.717) is 0 Å². The average molecular weight is 820 g/mol. The molecule has 3 heterocycles. The number of pyridine rings is 1. The number of benzene rings is 10. The van der Waals surface area contributed by atoms with Crippen molar-refractivity contribution >= 4 is 93.1 Å². The van der Waals surface area contributed by atoms with E-state index < -0.39 is 0 Å². The summed E-state index contributed by atoms with van der Waals surface area (Å²) in [4.78, 5) is 6.63. The molecule has 0 N–H and O–H groups in total. The molecule has 0 aliphatic heterocycles. The van der Waals surface area contributed by atoms with Crippen molar-refractivity contribution in [2.45, 2.75) is 6.92 Å². The van der Waals surface area contributed by atoms with E-state index in [2.05, 4.69) is 222 Å². The van der Waals surface area contributed by atoms with Gasteiger partial charge in [-0.15, -0.1) is 0 Å². The maximum Gasteiger partial charge on any atom is 0.137 e. The van der Waals surface area contributed by atoms with Gasteiger partial charge in [-0.3, -0.25) is 4.98 Å². The van der Waals surface area contributed by atoms with Crippen LogP contribution in [-0.4, -0.2) is 9.55 Å². The van der Waals surface area contributed by atoms with Crippen LogP contribution in [0.4, 0.5) is 17.1 Å². The molecule has 0 aliphatic carbocycles. The average Bonchev–Trinajstić information content (AvgIpc) is 3.91. The molecule has 0 amide bonds. The topological polar surface area (TPSA) is 34.2 Å². The quantitative estimate of drug-likeness (QED) is 0.162. The predicted molar refractivity (Wildman–Crippen MR) is 270 cm³/mol. The molecule has 4 heteroatoms. The van der Waals surface area contributed by atoms with Crippen LogP contribution in [-0.2, 0) is 0 Å². The molecule has 0 aliphatic rings. The third-order valence-corrected chi connectivity index (χ3v) is 12.6. The third kappa shape index (κ3) is 6.27. The van der Waals surface area contributed by atoms with Gasteiger partial charge in [-0.1, -0.05) is 152 Å². The number of hydrogen-bond acceptors (Lipinski definition) is 3. The van der Waals surface area contributed by atoms with E-state index in [0.717, 1.165) is 44.7 Å². The maximum atomic E-state index is 6.34. The SMILES string of the molecule is Cc1ccc2c3ccccc3n(-c3cccnc3)c2c1.c1ccc(-c2ccc(N(c3ccc4c5ccccc5c5ccccc5c4c3)c3cccc4oc5ccccc5c34)cc2)cc1. The monoisotopic (exact) mass is 819 g/mol. The first-order chi connectivity index (χ1) is 31.7. The Balaban J connectivity index is 0.000000180. The highest BCUT2D eigenvalue weighted by atomic mass is 16.3. The summed E-state index contributed by atoms with van der Waals surface area (Å²) in [6, 6.07) is 77.7. The van der Waals surface area contributed by atoms with Crippen LogP contribution in [0, 0.1) is 6.92 Å². The second-order valence-electron chi connectivity index (χ2n) is 16.4. The highest BCUT2D eigenvalue weighted by Crippen LogP contribution is 2.45. The molecule has 13 rings (SSSR count). The number of aromatic nitrogens is 2. The molecule has 0 saturated carbocycles. The lowest BCUT2D eigenvalue weighted by atomic mass is 9.94. The normalized spacial score (nSPS) is 11.5. The van der Waals surface area contributed by atoms with Crippen molar-refractivity contribution in [1.29, 1.82) is 0 Å². The molecule has 0 fully saturated rings. The van der Waals surface area contributed by atoms with Gasteiger partial charge in [0.15, 0.2) is 0 Å². The van der Waals surface area contributed by atoms with Crippen molar-refractivity contribution in [3.8, 4) is 16.8 Å². The number of hydrogen-bond donors (Lipinski definition) is 0. The molecular weight excluding hydrogens is 779 g/mol. The summed E-state index contributed by atoms with van der Waals surface area (Å²) in [6.45, 7) is 2.13. The maximum absolute atomic E-state index is 6.34. The number of furan rings is 1. The number of anilines is 3. The van der Waals surface area contributed by atoms with E-state index in [1.165, 1.54) is 70.8 Å². The molecule has 302 valence electrons. The van der Waals surface area contributed by atoms with Crippen LogP contribution >= 0.6 is 0 Å². The lowest BCUT2D eigenvalue weighted by Crippen LogP contribution is -2.10. The summed E-state index contributed by atoms with van der Waals surface area (Å²) >= 11 is 0. The standard InChI is InChI=1S/C42H27NO.C18H14N2/c1-2-11-28(12-3-1)29-21-23-30(24-22-29)43(39-18-10-20-41-42(39)37-17-8-9-19-40(37)44-41)31-25-26-36-34-15-5-4-13-32(34)33-14-6-7-16-35(33)38(36)27-31;1-13-8-9-16-15-6-2-3-7-17(15)20(18(16)11-13)14-5-4-10-19-12-14/h1-27H;2-12H,1H3.